The van der Waals surface area contributed by atoms with Crippen molar-refractivity contribution in [1.82, 2.24) is 5.32 Å². The van der Waals surface area contributed by atoms with Crippen molar-refractivity contribution in [3.63, 3.8) is 0 Å². The second-order valence-electron chi connectivity index (χ2n) is 8.34. The van der Waals surface area contributed by atoms with E-state index in [2.05, 4.69) is 29.6 Å². The Bertz CT molecular complexity index is 1330. The van der Waals surface area contributed by atoms with Gasteiger partial charge in [0.05, 0.1) is 5.66 Å². The van der Waals surface area contributed by atoms with Crippen LogP contribution in [0.5, 0.6) is 0 Å². The molecule has 3 nitrogen and oxygen atoms in total. The number of nitrogens with one attached hydrogen (secondary N) is 1. The summed E-state index contributed by atoms with van der Waals surface area (Å²) in [5.41, 5.74) is 2.76. The molecule has 4 atom stereocenters. The highest BCUT2D eigenvalue weighted by molar-refractivity contribution is 7.67. The van der Waals surface area contributed by atoms with Crippen molar-refractivity contribution in [3.8, 4) is 0 Å². The first-order valence-corrected chi connectivity index (χ1v) is 12.6. The zero-order chi connectivity index (χ0) is 22.1. The topological polar surface area (TPSA) is 49.3 Å². The van der Waals surface area contributed by atoms with E-state index in [4.69, 9.17) is 0 Å². The normalized spacial score (nSPS) is 20.4. The number of likely N-dealkylation sites (N-methyl/N-ethyl adjacent to an activating group) is 1. The predicted molar refractivity (Wildman–Crippen MR) is 134 cm³/mol. The lowest BCUT2D eigenvalue weighted by Crippen LogP contribution is -2.34. The molecule has 32 heavy (non-hydrogen) atoms. The van der Waals surface area contributed by atoms with Crippen molar-refractivity contribution in [2.45, 2.75) is 17.6 Å². The monoisotopic (exact) mass is 439 g/mol. The largest absolute Gasteiger partial charge is 0.341 e. The van der Waals surface area contributed by atoms with Gasteiger partial charge in [-0.15, -0.1) is 0 Å². The molecule has 0 saturated heterocycles. The van der Waals surface area contributed by atoms with Gasteiger partial charge in [-0.1, -0.05) is 97.1 Å². The quantitative estimate of drug-likeness (QED) is 0.382. The van der Waals surface area contributed by atoms with Crippen LogP contribution in [0.3, 0.4) is 0 Å². The number of hydrogen-bond donors (Lipinski definition) is 2. The number of hydrogen-bond acceptors (Lipinski definition) is 2. The standard InChI is InChI=1S/C28H26NO2P/c1-29-28(22-11-3-2-4-12-22)27-25-14-8-7-10-21(25)16-18-26(27)32(30,31)24-17-15-20-9-5-6-13-23(20)19-24/h2-19,26-29H,1H3,(H,30,31)/t26-,27+,28-/m0/s1. The summed E-state index contributed by atoms with van der Waals surface area (Å²) in [6, 6.07) is 31.8. The van der Waals surface area contributed by atoms with Crippen LogP contribution in [-0.4, -0.2) is 17.6 Å². The van der Waals surface area contributed by atoms with Crippen molar-refractivity contribution in [2.75, 3.05) is 7.05 Å². The van der Waals surface area contributed by atoms with Crippen LogP contribution in [-0.2, 0) is 4.57 Å². The summed E-state index contributed by atoms with van der Waals surface area (Å²) in [4.78, 5) is 11.6. The van der Waals surface area contributed by atoms with Gasteiger partial charge in [0.2, 0.25) is 7.37 Å². The minimum atomic E-state index is -3.75. The maximum Gasteiger partial charge on any atom is 0.236 e. The second-order valence-corrected chi connectivity index (χ2v) is 10.7. The van der Waals surface area contributed by atoms with Gasteiger partial charge >= 0.3 is 0 Å². The Hall–Kier alpha value is -2.97. The van der Waals surface area contributed by atoms with Gasteiger partial charge in [0, 0.05) is 17.3 Å². The first-order chi connectivity index (χ1) is 15.6. The lowest BCUT2D eigenvalue weighted by molar-refractivity contribution is 0.434. The summed E-state index contributed by atoms with van der Waals surface area (Å²) in [7, 11) is -1.83. The lowest BCUT2D eigenvalue weighted by atomic mass is 9.79. The van der Waals surface area contributed by atoms with Gasteiger partial charge in [0.1, 0.15) is 0 Å². The molecule has 0 radical (unpaired) electrons. The number of allylic oxidation sites excluding steroid dienone is 1. The van der Waals surface area contributed by atoms with E-state index in [9.17, 15) is 9.46 Å². The van der Waals surface area contributed by atoms with Crippen LogP contribution in [0.4, 0.5) is 0 Å². The Balaban J connectivity index is 1.66. The Morgan fingerprint density at radius 1 is 0.844 bits per heavy atom. The summed E-state index contributed by atoms with van der Waals surface area (Å²) in [6.07, 6.45) is 3.94. The maximum atomic E-state index is 14.2. The van der Waals surface area contributed by atoms with Crippen LogP contribution in [0, 0.1) is 0 Å². The van der Waals surface area contributed by atoms with E-state index in [0.717, 1.165) is 27.5 Å². The number of rotatable bonds is 5. The lowest BCUT2D eigenvalue weighted by Gasteiger charge is -2.38. The Kier molecular flexibility index (Phi) is 5.57. The van der Waals surface area contributed by atoms with E-state index in [-0.39, 0.29) is 12.0 Å². The first kappa shape index (κ1) is 20.9. The summed E-state index contributed by atoms with van der Waals surface area (Å²) in [5.74, 6) is -0.189. The van der Waals surface area contributed by atoms with Gasteiger partial charge in [-0.05, 0) is 46.6 Å². The van der Waals surface area contributed by atoms with Crippen LogP contribution in [0.25, 0.3) is 16.8 Å². The summed E-state index contributed by atoms with van der Waals surface area (Å²) in [6.45, 7) is 0. The van der Waals surface area contributed by atoms with E-state index in [1.807, 2.05) is 92.0 Å². The highest BCUT2D eigenvalue weighted by Gasteiger charge is 2.43. The third kappa shape index (κ3) is 3.63. The van der Waals surface area contributed by atoms with Crippen LogP contribution < -0.4 is 10.6 Å². The van der Waals surface area contributed by atoms with Gasteiger partial charge < -0.3 is 10.2 Å². The second kappa shape index (κ2) is 8.52. The zero-order valence-corrected chi connectivity index (χ0v) is 18.8. The summed E-state index contributed by atoms with van der Waals surface area (Å²) < 4.78 is 14.2. The summed E-state index contributed by atoms with van der Waals surface area (Å²) in [5, 5.41) is 5.99. The minimum absolute atomic E-state index is 0.103. The number of benzene rings is 4. The van der Waals surface area contributed by atoms with Crippen LogP contribution in [0.1, 0.15) is 28.7 Å². The minimum Gasteiger partial charge on any atom is -0.341 e. The number of fused-ring (bicyclic) bond motifs is 2. The van der Waals surface area contributed by atoms with Gasteiger partial charge in [0.25, 0.3) is 0 Å². The highest BCUT2D eigenvalue weighted by Crippen LogP contribution is 2.57. The molecule has 2 N–H and O–H groups in total. The molecule has 1 unspecified atom stereocenters. The maximum absolute atomic E-state index is 14.2. The molecule has 5 rings (SSSR count). The van der Waals surface area contributed by atoms with E-state index < -0.39 is 13.0 Å². The van der Waals surface area contributed by atoms with Crippen molar-refractivity contribution < 1.29 is 9.46 Å². The molecule has 160 valence electrons. The van der Waals surface area contributed by atoms with E-state index >= 15 is 0 Å². The molecule has 0 saturated carbocycles. The average molecular weight is 439 g/mol. The zero-order valence-electron chi connectivity index (χ0n) is 17.9. The molecule has 0 aromatic heterocycles. The molecule has 4 heteroatoms. The highest BCUT2D eigenvalue weighted by atomic mass is 31.2. The van der Waals surface area contributed by atoms with Gasteiger partial charge in [-0.2, -0.15) is 0 Å². The Labute approximate surface area is 188 Å². The van der Waals surface area contributed by atoms with Crippen molar-refractivity contribution in [3.05, 3.63) is 120 Å². The predicted octanol–water partition coefficient (Wildman–Crippen LogP) is 5.88. The molecule has 4 aromatic rings. The Morgan fingerprint density at radius 2 is 1.53 bits per heavy atom. The molecule has 1 aliphatic carbocycles. The Morgan fingerprint density at radius 3 is 2.31 bits per heavy atom. The van der Waals surface area contributed by atoms with Gasteiger partial charge in [-0.25, -0.2) is 0 Å². The molecular formula is C28H26NO2P. The molecule has 0 amide bonds. The average Bonchev–Trinajstić information content (AvgIpc) is 2.85. The SMILES string of the molecule is CN[C@@H](c1ccccc1)[C@@H]1c2ccccc2C=C[C@@H]1P(=O)(O)c1ccc2ccccc2c1. The summed E-state index contributed by atoms with van der Waals surface area (Å²) >= 11 is 0. The molecule has 0 fully saturated rings. The molecular weight excluding hydrogens is 413 g/mol. The smallest absolute Gasteiger partial charge is 0.236 e. The van der Waals surface area contributed by atoms with Gasteiger partial charge in [-0.3, -0.25) is 4.57 Å². The molecule has 1 aliphatic rings. The molecule has 0 heterocycles. The third-order valence-corrected chi connectivity index (χ3v) is 8.85. The van der Waals surface area contributed by atoms with Crippen molar-refractivity contribution in [1.29, 1.82) is 0 Å². The fourth-order valence-electron chi connectivity index (χ4n) is 4.95. The van der Waals surface area contributed by atoms with Crippen molar-refractivity contribution in [2.24, 2.45) is 0 Å². The fraction of sp³-hybridized carbons (Fsp3) is 0.143. The van der Waals surface area contributed by atoms with E-state index in [1.54, 1.807) is 0 Å². The molecule has 0 aliphatic heterocycles. The van der Waals surface area contributed by atoms with E-state index in [0.29, 0.717) is 5.30 Å². The van der Waals surface area contributed by atoms with E-state index in [1.165, 1.54) is 0 Å². The first-order valence-electron chi connectivity index (χ1n) is 10.9. The van der Waals surface area contributed by atoms with Crippen LogP contribution in [0.2, 0.25) is 0 Å². The molecule has 0 spiro atoms. The van der Waals surface area contributed by atoms with Crippen LogP contribution >= 0.6 is 7.37 Å². The van der Waals surface area contributed by atoms with Gasteiger partial charge in [0.15, 0.2) is 0 Å². The third-order valence-electron chi connectivity index (χ3n) is 6.53. The van der Waals surface area contributed by atoms with Crippen LogP contribution in [0.15, 0.2) is 103 Å². The molecule has 4 aromatic carbocycles. The fourth-order valence-corrected chi connectivity index (χ4v) is 6.99. The molecule has 0 bridgehead atoms. The van der Waals surface area contributed by atoms with Crippen molar-refractivity contribution >= 4 is 29.5 Å².